The van der Waals surface area contributed by atoms with Gasteiger partial charge in [-0.2, -0.15) is 0 Å². The van der Waals surface area contributed by atoms with Gasteiger partial charge in [0.25, 0.3) is 5.91 Å². The number of ether oxygens (including phenoxy) is 3. The van der Waals surface area contributed by atoms with Crippen molar-refractivity contribution in [3.63, 3.8) is 0 Å². The van der Waals surface area contributed by atoms with Crippen molar-refractivity contribution in [3.8, 4) is 17.2 Å². The molecule has 214 valence electrons. The zero-order valence-corrected chi connectivity index (χ0v) is 24.4. The van der Waals surface area contributed by atoms with Crippen molar-refractivity contribution in [1.29, 1.82) is 0 Å². The molecule has 1 heterocycles. The number of amides is 1. The molecule has 2 aromatic carbocycles. The van der Waals surface area contributed by atoms with Crippen LogP contribution in [0.5, 0.6) is 17.2 Å². The number of fused-ring (bicyclic) bond motifs is 1. The number of para-hydroxylation sites is 2. The minimum Gasteiger partial charge on any atom is -0.493 e. The lowest BCUT2D eigenvalue weighted by atomic mass is 10.1. The van der Waals surface area contributed by atoms with Crippen LogP contribution in [0.4, 0.5) is 0 Å². The molecule has 3 aromatic rings. The summed E-state index contributed by atoms with van der Waals surface area (Å²) >= 11 is 0. The third-order valence-electron chi connectivity index (χ3n) is 7.26. The average molecular weight is 538 g/mol. The van der Waals surface area contributed by atoms with Gasteiger partial charge in [-0.3, -0.25) is 4.79 Å². The Kier molecular flexibility index (Phi) is 13.0. The van der Waals surface area contributed by atoms with Crippen molar-refractivity contribution >= 4 is 16.9 Å². The molecular formula is C32H47N3O4. The number of aryl methyl sites for hydroxylation is 2. The van der Waals surface area contributed by atoms with E-state index in [2.05, 4.69) is 41.1 Å². The van der Waals surface area contributed by atoms with Crippen molar-refractivity contribution in [2.75, 3.05) is 27.9 Å². The molecule has 3 rings (SSSR count). The number of unbranched alkanes of at least 4 members (excludes halogenated alkanes) is 9. The molecule has 1 N–H and O–H groups in total. The highest BCUT2D eigenvalue weighted by molar-refractivity contribution is 5.95. The largest absolute Gasteiger partial charge is 0.493 e. The molecule has 39 heavy (non-hydrogen) atoms. The fraction of sp³-hybridized carbons (Fsp3) is 0.562. The number of nitrogens with one attached hydrogen (secondary N) is 1. The number of carbonyl (C=O) groups is 1. The summed E-state index contributed by atoms with van der Waals surface area (Å²) in [4.78, 5) is 17.7. The second-order valence-electron chi connectivity index (χ2n) is 10.1. The van der Waals surface area contributed by atoms with Crippen molar-refractivity contribution in [2.45, 2.75) is 90.5 Å². The molecule has 0 aliphatic rings. The molecule has 7 heteroatoms. The molecule has 0 aliphatic heterocycles. The van der Waals surface area contributed by atoms with Gasteiger partial charge in [-0.05, 0) is 43.5 Å². The third kappa shape index (κ3) is 8.91. The molecule has 0 bridgehead atoms. The van der Waals surface area contributed by atoms with Crippen LogP contribution < -0.4 is 19.5 Å². The Bertz CT molecular complexity index is 1130. The smallest absolute Gasteiger partial charge is 0.251 e. The summed E-state index contributed by atoms with van der Waals surface area (Å²) in [6, 6.07) is 11.8. The van der Waals surface area contributed by atoms with Gasteiger partial charge in [-0.15, -0.1) is 0 Å². The Morgan fingerprint density at radius 2 is 1.46 bits per heavy atom. The Balaban J connectivity index is 1.44. The van der Waals surface area contributed by atoms with E-state index < -0.39 is 0 Å². The molecule has 1 amide bonds. The molecule has 0 fully saturated rings. The average Bonchev–Trinajstić information content (AvgIpc) is 3.32. The highest BCUT2D eigenvalue weighted by atomic mass is 16.5. The first-order chi connectivity index (χ1) is 19.1. The Labute approximate surface area is 234 Å². The minimum absolute atomic E-state index is 0.151. The SMILES string of the molecule is CCCCCCCCCCn1c(CCCCCNC(=O)c2cc(OC)c(OC)c(OC)c2)nc2ccccc21. The van der Waals surface area contributed by atoms with Crippen molar-refractivity contribution in [3.05, 3.63) is 47.8 Å². The van der Waals surface area contributed by atoms with Gasteiger partial charge in [0, 0.05) is 25.1 Å². The van der Waals surface area contributed by atoms with E-state index in [4.69, 9.17) is 19.2 Å². The lowest BCUT2D eigenvalue weighted by Crippen LogP contribution is -2.24. The topological polar surface area (TPSA) is 74.6 Å². The maximum atomic E-state index is 12.7. The standard InChI is InChI=1S/C32H47N3O4/c1-5-6-7-8-9-10-11-17-22-35-27-19-15-14-18-26(27)34-30(35)20-13-12-16-21-33-32(36)25-23-28(37-2)31(39-4)29(24-25)38-3/h14-15,18-19,23-24H,5-13,16-17,20-22H2,1-4H3,(H,33,36). The second kappa shape index (κ2) is 16.7. The summed E-state index contributed by atoms with van der Waals surface area (Å²) < 4.78 is 18.5. The Morgan fingerprint density at radius 3 is 2.13 bits per heavy atom. The van der Waals surface area contributed by atoms with Gasteiger partial charge in [0.1, 0.15) is 5.82 Å². The van der Waals surface area contributed by atoms with Crippen LogP contribution in [0.3, 0.4) is 0 Å². The van der Waals surface area contributed by atoms with Crippen LogP contribution in [0, 0.1) is 0 Å². The first kappa shape index (κ1) is 30.3. The van der Waals surface area contributed by atoms with E-state index in [1.807, 2.05) is 0 Å². The number of imidazole rings is 1. The number of hydrogen-bond acceptors (Lipinski definition) is 5. The normalized spacial score (nSPS) is 11.1. The van der Waals surface area contributed by atoms with Crippen LogP contribution in [-0.4, -0.2) is 43.3 Å². The van der Waals surface area contributed by atoms with Crippen LogP contribution in [0.15, 0.2) is 36.4 Å². The Morgan fingerprint density at radius 1 is 0.821 bits per heavy atom. The van der Waals surface area contributed by atoms with Crippen LogP contribution in [0.1, 0.15) is 93.7 Å². The van der Waals surface area contributed by atoms with E-state index in [0.717, 1.165) is 37.7 Å². The summed E-state index contributed by atoms with van der Waals surface area (Å²) in [5.41, 5.74) is 2.82. The number of rotatable bonds is 19. The van der Waals surface area contributed by atoms with Crippen molar-refractivity contribution < 1.29 is 19.0 Å². The number of methoxy groups -OCH3 is 3. The van der Waals surface area contributed by atoms with Crippen molar-refractivity contribution in [2.24, 2.45) is 0 Å². The van der Waals surface area contributed by atoms with Gasteiger partial charge in [-0.1, -0.05) is 70.4 Å². The van der Waals surface area contributed by atoms with E-state index >= 15 is 0 Å². The van der Waals surface area contributed by atoms with Gasteiger partial charge in [-0.25, -0.2) is 4.98 Å². The maximum Gasteiger partial charge on any atom is 0.251 e. The van der Waals surface area contributed by atoms with Crippen LogP contribution in [0.2, 0.25) is 0 Å². The van der Waals surface area contributed by atoms with E-state index in [9.17, 15) is 4.79 Å². The maximum absolute atomic E-state index is 12.7. The molecule has 0 aliphatic carbocycles. The predicted molar refractivity (Wildman–Crippen MR) is 158 cm³/mol. The summed E-state index contributed by atoms with van der Waals surface area (Å²) in [5, 5.41) is 3.01. The molecule has 0 spiro atoms. The van der Waals surface area contributed by atoms with Gasteiger partial charge in [0.05, 0.1) is 32.4 Å². The molecule has 0 unspecified atom stereocenters. The fourth-order valence-electron chi connectivity index (χ4n) is 5.07. The van der Waals surface area contributed by atoms with E-state index in [1.165, 1.54) is 62.7 Å². The lowest BCUT2D eigenvalue weighted by Gasteiger charge is -2.14. The summed E-state index contributed by atoms with van der Waals surface area (Å²) in [6.07, 6.45) is 14.5. The van der Waals surface area contributed by atoms with Crippen LogP contribution >= 0.6 is 0 Å². The van der Waals surface area contributed by atoms with Gasteiger partial charge >= 0.3 is 0 Å². The zero-order chi connectivity index (χ0) is 27.9. The molecule has 0 saturated heterocycles. The Hall–Kier alpha value is -3.22. The second-order valence-corrected chi connectivity index (χ2v) is 10.1. The number of benzene rings is 2. The summed E-state index contributed by atoms with van der Waals surface area (Å²) in [5.74, 6) is 2.45. The molecule has 0 radical (unpaired) electrons. The highest BCUT2D eigenvalue weighted by Gasteiger charge is 2.17. The zero-order valence-electron chi connectivity index (χ0n) is 24.4. The van der Waals surface area contributed by atoms with E-state index in [-0.39, 0.29) is 5.91 Å². The van der Waals surface area contributed by atoms with Gasteiger partial charge in [0.15, 0.2) is 11.5 Å². The predicted octanol–water partition coefficient (Wildman–Crippen LogP) is 7.35. The van der Waals surface area contributed by atoms with Crippen LogP contribution in [-0.2, 0) is 13.0 Å². The highest BCUT2D eigenvalue weighted by Crippen LogP contribution is 2.38. The number of hydrogen-bond donors (Lipinski definition) is 1. The monoisotopic (exact) mass is 537 g/mol. The summed E-state index contributed by atoms with van der Waals surface area (Å²) in [7, 11) is 4.64. The molecular weight excluding hydrogens is 490 g/mol. The number of aromatic nitrogens is 2. The van der Waals surface area contributed by atoms with Crippen molar-refractivity contribution in [1.82, 2.24) is 14.9 Å². The first-order valence-corrected chi connectivity index (χ1v) is 14.6. The molecule has 7 nitrogen and oxygen atoms in total. The molecule has 0 atom stereocenters. The summed E-state index contributed by atoms with van der Waals surface area (Å²) in [6.45, 7) is 3.92. The third-order valence-corrected chi connectivity index (χ3v) is 7.26. The van der Waals surface area contributed by atoms with Gasteiger partial charge < -0.3 is 24.1 Å². The van der Waals surface area contributed by atoms with E-state index in [1.54, 1.807) is 33.5 Å². The quantitative estimate of drug-likeness (QED) is 0.162. The first-order valence-electron chi connectivity index (χ1n) is 14.6. The molecule has 1 aromatic heterocycles. The van der Waals surface area contributed by atoms with E-state index in [0.29, 0.717) is 29.4 Å². The van der Waals surface area contributed by atoms with Gasteiger partial charge in [0.2, 0.25) is 5.75 Å². The van der Waals surface area contributed by atoms with Crippen LogP contribution in [0.25, 0.3) is 11.0 Å². The number of nitrogens with zero attached hydrogens (tertiary/aromatic N) is 2. The fourth-order valence-corrected chi connectivity index (χ4v) is 5.07. The number of carbonyl (C=O) groups excluding carboxylic acids is 1. The molecule has 0 saturated carbocycles. The minimum atomic E-state index is -0.151. The lowest BCUT2D eigenvalue weighted by molar-refractivity contribution is 0.0952.